The molecule has 0 unspecified atom stereocenters. The number of rotatable bonds is 4. The summed E-state index contributed by atoms with van der Waals surface area (Å²) in [6, 6.07) is 8.09. The molecular weight excluding hydrogens is 336 g/mol. The second-order valence-electron chi connectivity index (χ2n) is 4.91. The SMILES string of the molecule is Cc1nc(CSc2cccc(Br)c2)[nH]c(=O)c1C(C)C. The van der Waals surface area contributed by atoms with Crippen LogP contribution in [0.2, 0.25) is 0 Å². The number of aromatic nitrogens is 2. The quantitative estimate of drug-likeness (QED) is 0.836. The van der Waals surface area contributed by atoms with Crippen LogP contribution in [0.4, 0.5) is 0 Å². The van der Waals surface area contributed by atoms with Gasteiger partial charge in [0.2, 0.25) is 0 Å². The number of aryl methyl sites for hydroxylation is 1. The minimum atomic E-state index is -0.0163. The first kappa shape index (κ1) is 15.3. The lowest BCUT2D eigenvalue weighted by atomic mass is 10.0. The number of halogens is 1. The van der Waals surface area contributed by atoms with Crippen molar-refractivity contribution in [2.24, 2.45) is 0 Å². The first-order chi connectivity index (χ1) is 9.47. The van der Waals surface area contributed by atoms with Crippen LogP contribution in [0, 0.1) is 6.92 Å². The number of benzene rings is 1. The van der Waals surface area contributed by atoms with Crippen LogP contribution in [0.1, 0.15) is 36.8 Å². The number of thioether (sulfide) groups is 1. The lowest BCUT2D eigenvalue weighted by molar-refractivity contribution is 0.799. The summed E-state index contributed by atoms with van der Waals surface area (Å²) in [5.74, 6) is 1.57. The van der Waals surface area contributed by atoms with Crippen molar-refractivity contribution in [1.82, 2.24) is 9.97 Å². The molecule has 2 rings (SSSR count). The third-order valence-electron chi connectivity index (χ3n) is 2.94. The van der Waals surface area contributed by atoms with Crippen molar-refractivity contribution < 1.29 is 0 Å². The van der Waals surface area contributed by atoms with Gasteiger partial charge in [0.15, 0.2) is 0 Å². The van der Waals surface area contributed by atoms with Gasteiger partial charge in [-0.1, -0.05) is 35.8 Å². The summed E-state index contributed by atoms with van der Waals surface area (Å²) in [7, 11) is 0. The lowest BCUT2D eigenvalue weighted by Gasteiger charge is -2.09. The van der Waals surface area contributed by atoms with Gasteiger partial charge in [-0.15, -0.1) is 11.8 Å². The average Bonchev–Trinajstić information content (AvgIpc) is 2.35. The Hall–Kier alpha value is -1.07. The highest BCUT2D eigenvalue weighted by Crippen LogP contribution is 2.24. The Morgan fingerprint density at radius 2 is 2.15 bits per heavy atom. The maximum absolute atomic E-state index is 12.1. The summed E-state index contributed by atoms with van der Waals surface area (Å²) in [5, 5.41) is 0. The van der Waals surface area contributed by atoms with E-state index in [4.69, 9.17) is 0 Å². The molecule has 3 nitrogen and oxygen atoms in total. The molecule has 1 aromatic carbocycles. The Morgan fingerprint density at radius 3 is 2.75 bits per heavy atom. The van der Waals surface area contributed by atoms with E-state index in [1.165, 1.54) is 0 Å². The van der Waals surface area contributed by atoms with Crippen molar-refractivity contribution in [3.8, 4) is 0 Å². The molecule has 106 valence electrons. The predicted molar refractivity (Wildman–Crippen MR) is 87.4 cm³/mol. The Balaban J connectivity index is 2.17. The third-order valence-corrected chi connectivity index (χ3v) is 4.44. The summed E-state index contributed by atoms with van der Waals surface area (Å²) >= 11 is 5.11. The first-order valence-electron chi connectivity index (χ1n) is 6.45. The van der Waals surface area contributed by atoms with E-state index in [1.54, 1.807) is 11.8 Å². The molecule has 1 heterocycles. The molecular formula is C15H17BrN2OS. The van der Waals surface area contributed by atoms with Crippen LogP contribution in [0.5, 0.6) is 0 Å². The molecule has 0 saturated carbocycles. The summed E-state index contributed by atoms with van der Waals surface area (Å²) < 4.78 is 1.05. The largest absolute Gasteiger partial charge is 0.310 e. The lowest BCUT2D eigenvalue weighted by Crippen LogP contribution is -2.19. The number of aromatic amines is 1. The molecule has 0 bridgehead atoms. The molecule has 0 atom stereocenters. The predicted octanol–water partition coefficient (Wildman–Crippen LogP) is 4.26. The van der Waals surface area contributed by atoms with Gasteiger partial charge in [0, 0.05) is 20.6 Å². The molecule has 0 amide bonds. The highest BCUT2D eigenvalue weighted by molar-refractivity contribution is 9.10. The van der Waals surface area contributed by atoms with Crippen molar-refractivity contribution in [2.45, 2.75) is 37.3 Å². The number of H-pyrrole nitrogens is 1. The Labute approximate surface area is 131 Å². The van der Waals surface area contributed by atoms with Gasteiger partial charge < -0.3 is 4.98 Å². The molecule has 0 spiro atoms. The van der Waals surface area contributed by atoms with Crippen molar-refractivity contribution in [2.75, 3.05) is 0 Å². The van der Waals surface area contributed by atoms with Crippen LogP contribution >= 0.6 is 27.7 Å². The molecule has 2 aromatic rings. The van der Waals surface area contributed by atoms with Gasteiger partial charge in [-0.05, 0) is 31.0 Å². The highest BCUT2D eigenvalue weighted by atomic mass is 79.9. The smallest absolute Gasteiger partial charge is 0.254 e. The number of nitrogens with zero attached hydrogens (tertiary/aromatic N) is 1. The minimum absolute atomic E-state index is 0.0163. The summed E-state index contributed by atoms with van der Waals surface area (Å²) in [6.45, 7) is 5.92. The van der Waals surface area contributed by atoms with Gasteiger partial charge in [-0.3, -0.25) is 4.79 Å². The van der Waals surface area contributed by atoms with Crippen molar-refractivity contribution in [3.05, 3.63) is 56.2 Å². The molecule has 0 aliphatic carbocycles. The molecule has 1 aromatic heterocycles. The van der Waals surface area contributed by atoms with Gasteiger partial charge >= 0.3 is 0 Å². The highest BCUT2D eigenvalue weighted by Gasteiger charge is 2.11. The summed E-state index contributed by atoms with van der Waals surface area (Å²) in [6.07, 6.45) is 0. The van der Waals surface area contributed by atoms with Crippen molar-refractivity contribution >= 4 is 27.7 Å². The second-order valence-corrected chi connectivity index (χ2v) is 6.88. The van der Waals surface area contributed by atoms with E-state index in [0.717, 1.165) is 26.4 Å². The van der Waals surface area contributed by atoms with E-state index in [0.29, 0.717) is 5.75 Å². The standard InChI is InChI=1S/C15H17BrN2OS/c1-9(2)14-10(3)17-13(18-15(14)19)8-20-12-6-4-5-11(16)7-12/h4-7,9H,8H2,1-3H3,(H,17,18,19). The molecule has 0 aliphatic rings. The zero-order valence-electron chi connectivity index (χ0n) is 11.7. The third kappa shape index (κ3) is 3.73. The molecule has 0 radical (unpaired) electrons. The normalized spacial score (nSPS) is 11.1. The Morgan fingerprint density at radius 1 is 1.40 bits per heavy atom. The fourth-order valence-electron chi connectivity index (χ4n) is 2.11. The topological polar surface area (TPSA) is 45.8 Å². The molecule has 5 heteroatoms. The molecule has 0 fully saturated rings. The number of nitrogens with one attached hydrogen (secondary N) is 1. The van der Waals surface area contributed by atoms with Gasteiger partial charge in [0.1, 0.15) is 5.82 Å². The van der Waals surface area contributed by atoms with Crippen molar-refractivity contribution in [1.29, 1.82) is 0 Å². The maximum Gasteiger partial charge on any atom is 0.254 e. The molecule has 0 aliphatic heterocycles. The van der Waals surface area contributed by atoms with Gasteiger partial charge in [-0.25, -0.2) is 4.98 Å². The second kappa shape index (κ2) is 6.59. The van der Waals surface area contributed by atoms with Crippen LogP contribution in [-0.2, 0) is 5.75 Å². The van der Waals surface area contributed by atoms with Gasteiger partial charge in [0.25, 0.3) is 5.56 Å². The van der Waals surface area contributed by atoms with Gasteiger partial charge in [0.05, 0.1) is 5.75 Å². The van der Waals surface area contributed by atoms with Crippen LogP contribution in [0.15, 0.2) is 38.4 Å². The van der Waals surface area contributed by atoms with Gasteiger partial charge in [-0.2, -0.15) is 0 Å². The van der Waals surface area contributed by atoms with E-state index in [1.807, 2.05) is 39.0 Å². The van der Waals surface area contributed by atoms with Crippen LogP contribution in [-0.4, -0.2) is 9.97 Å². The Kier molecular flexibility index (Phi) is 5.05. The Bertz CT molecular complexity index is 667. The molecule has 20 heavy (non-hydrogen) atoms. The van der Waals surface area contributed by atoms with Crippen LogP contribution in [0.25, 0.3) is 0 Å². The van der Waals surface area contributed by atoms with E-state index in [-0.39, 0.29) is 11.5 Å². The fraction of sp³-hybridized carbons (Fsp3) is 0.333. The summed E-state index contributed by atoms with van der Waals surface area (Å²) in [4.78, 5) is 20.6. The van der Waals surface area contributed by atoms with Crippen molar-refractivity contribution in [3.63, 3.8) is 0 Å². The van der Waals surface area contributed by atoms with E-state index < -0.39 is 0 Å². The maximum atomic E-state index is 12.1. The fourth-order valence-corrected chi connectivity index (χ4v) is 3.49. The minimum Gasteiger partial charge on any atom is -0.310 e. The van der Waals surface area contributed by atoms with Crippen LogP contribution in [0.3, 0.4) is 0 Å². The zero-order valence-corrected chi connectivity index (χ0v) is 14.1. The zero-order chi connectivity index (χ0) is 14.7. The first-order valence-corrected chi connectivity index (χ1v) is 8.23. The number of hydrogen-bond acceptors (Lipinski definition) is 3. The average molecular weight is 353 g/mol. The number of hydrogen-bond donors (Lipinski definition) is 1. The molecule has 0 saturated heterocycles. The van der Waals surface area contributed by atoms with Crippen LogP contribution < -0.4 is 5.56 Å². The van der Waals surface area contributed by atoms with E-state index in [9.17, 15) is 4.79 Å². The van der Waals surface area contributed by atoms with E-state index >= 15 is 0 Å². The summed E-state index contributed by atoms with van der Waals surface area (Å²) in [5.41, 5.74) is 1.59. The molecule has 1 N–H and O–H groups in total. The monoisotopic (exact) mass is 352 g/mol. The van der Waals surface area contributed by atoms with E-state index in [2.05, 4.69) is 32.0 Å².